The van der Waals surface area contributed by atoms with Crippen LogP contribution in [0.1, 0.15) is 18.1 Å². The Bertz CT molecular complexity index is 858. The van der Waals surface area contributed by atoms with Crippen molar-refractivity contribution in [1.29, 1.82) is 0 Å². The summed E-state index contributed by atoms with van der Waals surface area (Å²) in [6.07, 6.45) is 2.20. The monoisotopic (exact) mass is 398 g/mol. The van der Waals surface area contributed by atoms with Crippen LogP contribution in [-0.4, -0.2) is 52.7 Å². The molecule has 0 saturated carbocycles. The second kappa shape index (κ2) is 10.3. The molecule has 0 aromatic heterocycles. The van der Waals surface area contributed by atoms with Gasteiger partial charge in [-0.05, 0) is 6.92 Å². The van der Waals surface area contributed by atoms with E-state index in [9.17, 15) is 13.2 Å². The zero-order valence-electron chi connectivity index (χ0n) is 15.8. The molecule has 0 atom stereocenters. The molecule has 0 amide bonds. The third-order valence-electron chi connectivity index (χ3n) is 3.21. The maximum absolute atomic E-state index is 11.7. The number of carbonyl (C=O) groups excluding carboxylic acids is 1. The van der Waals surface area contributed by atoms with Crippen LogP contribution in [0.3, 0.4) is 0 Å². The normalized spacial score (nSPS) is 13.1. The lowest BCUT2D eigenvalue weighted by Crippen LogP contribution is -2.22. The third kappa shape index (κ3) is 6.74. The van der Waals surface area contributed by atoms with Crippen molar-refractivity contribution in [3.05, 3.63) is 41.5 Å². The van der Waals surface area contributed by atoms with Gasteiger partial charge in [0.05, 0.1) is 20.3 Å². The summed E-state index contributed by atoms with van der Waals surface area (Å²) in [5.41, 5.74) is 1.30. The minimum absolute atomic E-state index is 0.000585. The molecule has 1 aromatic carbocycles. The number of hydrogen-bond acceptors (Lipinski definition) is 9. The molecule has 0 fully saturated rings. The Morgan fingerprint density at radius 2 is 1.78 bits per heavy atom. The number of rotatable bonds is 8. The number of carbonyl (C=O) groups is 1. The van der Waals surface area contributed by atoms with Crippen LogP contribution in [0.15, 0.2) is 40.7 Å². The summed E-state index contributed by atoms with van der Waals surface area (Å²) in [4.78, 5) is 21.3. The Kier molecular flexibility index (Phi) is 8.46. The van der Waals surface area contributed by atoms with Crippen molar-refractivity contribution in [2.45, 2.75) is 13.5 Å². The van der Waals surface area contributed by atoms with E-state index in [2.05, 4.69) is 19.9 Å². The van der Waals surface area contributed by atoms with Crippen molar-refractivity contribution < 1.29 is 32.4 Å². The zero-order chi connectivity index (χ0) is 20.4. The average molecular weight is 398 g/mol. The molecule has 0 aliphatic rings. The number of benzene rings is 1. The molecule has 0 saturated heterocycles. The fourth-order valence-electron chi connectivity index (χ4n) is 2.02. The van der Waals surface area contributed by atoms with Crippen molar-refractivity contribution in [2.24, 2.45) is 10.3 Å². The number of esters is 1. The maximum Gasteiger partial charge on any atom is 0.334 e. The summed E-state index contributed by atoms with van der Waals surface area (Å²) in [5.74, 6) is -0.274. The number of methoxy groups -OCH3 is 2. The minimum atomic E-state index is -3.63. The first-order valence-corrected chi connectivity index (χ1v) is 9.53. The van der Waals surface area contributed by atoms with Crippen molar-refractivity contribution in [3.8, 4) is 0 Å². The quantitative estimate of drug-likeness (QED) is 0.164. The molecule has 148 valence electrons. The molecule has 1 rings (SSSR count). The lowest BCUT2D eigenvalue weighted by molar-refractivity contribution is -0.134. The van der Waals surface area contributed by atoms with Crippen molar-refractivity contribution in [2.75, 3.05) is 27.6 Å². The molecule has 0 bridgehead atoms. The van der Waals surface area contributed by atoms with Gasteiger partial charge in [-0.3, -0.25) is 0 Å². The summed E-state index contributed by atoms with van der Waals surface area (Å²) in [7, 11) is 0.290. The van der Waals surface area contributed by atoms with E-state index in [1.54, 1.807) is 24.3 Å². The van der Waals surface area contributed by atoms with Gasteiger partial charge in [0, 0.05) is 17.4 Å². The molecule has 0 heterocycles. The van der Waals surface area contributed by atoms with E-state index in [4.69, 9.17) is 9.57 Å². The molecule has 27 heavy (non-hydrogen) atoms. The molecule has 1 aromatic rings. The summed E-state index contributed by atoms with van der Waals surface area (Å²) in [6.45, 7) is 1.43. The maximum atomic E-state index is 11.7. The SMILES string of the molecule is CO/N=C(\C(C)=N\OCc1ccccc1/C(=C/C(=O)OC)OC)S(C)(=O)=O. The molecule has 9 nitrogen and oxygen atoms in total. The number of ether oxygens (including phenoxy) is 2. The first-order chi connectivity index (χ1) is 12.7. The van der Waals surface area contributed by atoms with Crippen LogP contribution in [-0.2, 0) is 40.4 Å². The number of oxime groups is 2. The number of hydrogen-bond donors (Lipinski definition) is 0. The third-order valence-corrected chi connectivity index (χ3v) is 4.28. The molecular formula is C17H22N2O7S. The molecule has 0 radical (unpaired) electrons. The molecule has 0 aliphatic carbocycles. The van der Waals surface area contributed by atoms with Gasteiger partial charge in [0.15, 0.2) is 9.84 Å². The van der Waals surface area contributed by atoms with E-state index >= 15 is 0 Å². The van der Waals surface area contributed by atoms with Crippen LogP contribution in [0.2, 0.25) is 0 Å². The Balaban J connectivity index is 3.07. The first kappa shape index (κ1) is 22.2. The fraction of sp³-hybridized carbons (Fsp3) is 0.353. The van der Waals surface area contributed by atoms with E-state index in [-0.39, 0.29) is 17.4 Å². The van der Waals surface area contributed by atoms with Crippen molar-refractivity contribution in [1.82, 2.24) is 0 Å². The van der Waals surface area contributed by atoms with Crippen molar-refractivity contribution in [3.63, 3.8) is 0 Å². The van der Waals surface area contributed by atoms with Gasteiger partial charge in [-0.25, -0.2) is 13.2 Å². The Morgan fingerprint density at radius 1 is 1.11 bits per heavy atom. The molecule has 0 N–H and O–H groups in total. The van der Waals surface area contributed by atoms with Gasteiger partial charge in [0.2, 0.25) is 5.04 Å². The minimum Gasteiger partial charge on any atom is -0.496 e. The molecule has 10 heteroatoms. The number of sulfone groups is 1. The van der Waals surface area contributed by atoms with Gasteiger partial charge in [0.25, 0.3) is 0 Å². The highest BCUT2D eigenvalue weighted by Gasteiger charge is 2.19. The highest BCUT2D eigenvalue weighted by Crippen LogP contribution is 2.21. The Hall–Kier alpha value is -2.88. The Morgan fingerprint density at radius 3 is 2.33 bits per heavy atom. The van der Waals surface area contributed by atoms with E-state index in [1.807, 2.05) is 0 Å². The molecule has 0 spiro atoms. The molecule has 0 aliphatic heterocycles. The largest absolute Gasteiger partial charge is 0.496 e. The summed E-state index contributed by atoms with van der Waals surface area (Å²) < 4.78 is 33.2. The standard InChI is InChI=1S/C17H22N2O7S/c1-12(17(19-25-4)27(5,21)22)18-26-11-13-8-6-7-9-14(13)15(23-2)10-16(20)24-3/h6-10H,11H2,1-5H3/b15-10-,18-12+,19-17+. The first-order valence-electron chi connectivity index (χ1n) is 7.64. The Labute approximate surface area is 158 Å². The highest BCUT2D eigenvalue weighted by molar-refractivity contribution is 8.07. The van der Waals surface area contributed by atoms with Gasteiger partial charge in [0.1, 0.15) is 25.2 Å². The van der Waals surface area contributed by atoms with Gasteiger partial charge < -0.3 is 19.1 Å². The highest BCUT2D eigenvalue weighted by atomic mass is 32.2. The smallest absolute Gasteiger partial charge is 0.334 e. The molecule has 0 unspecified atom stereocenters. The van der Waals surface area contributed by atoms with E-state index in [0.29, 0.717) is 16.9 Å². The van der Waals surface area contributed by atoms with Gasteiger partial charge >= 0.3 is 5.97 Å². The fourth-order valence-corrected chi connectivity index (χ4v) is 2.81. The van der Waals surface area contributed by atoms with E-state index in [1.165, 1.54) is 34.3 Å². The van der Waals surface area contributed by atoms with Crippen LogP contribution in [0, 0.1) is 0 Å². The summed E-state index contributed by atoms with van der Waals surface area (Å²) >= 11 is 0. The van der Waals surface area contributed by atoms with Gasteiger partial charge in [-0.15, -0.1) is 0 Å². The van der Waals surface area contributed by atoms with Crippen molar-refractivity contribution >= 4 is 32.3 Å². The van der Waals surface area contributed by atoms with Crippen LogP contribution >= 0.6 is 0 Å². The second-order valence-electron chi connectivity index (χ2n) is 5.19. The van der Waals surface area contributed by atoms with E-state index < -0.39 is 15.8 Å². The van der Waals surface area contributed by atoms with Gasteiger partial charge in [-0.1, -0.05) is 34.6 Å². The predicted octanol–water partition coefficient (Wildman–Crippen LogP) is 1.74. The lowest BCUT2D eigenvalue weighted by Gasteiger charge is -2.11. The topological polar surface area (TPSA) is 113 Å². The summed E-state index contributed by atoms with van der Waals surface area (Å²) in [5, 5.41) is 6.91. The van der Waals surface area contributed by atoms with Crippen LogP contribution < -0.4 is 0 Å². The predicted molar refractivity (Wildman–Crippen MR) is 101 cm³/mol. The van der Waals surface area contributed by atoms with Crippen LogP contribution in [0.25, 0.3) is 5.76 Å². The van der Waals surface area contributed by atoms with Gasteiger partial charge in [-0.2, -0.15) is 0 Å². The lowest BCUT2D eigenvalue weighted by atomic mass is 10.1. The van der Waals surface area contributed by atoms with Crippen LogP contribution in [0.4, 0.5) is 0 Å². The number of nitrogens with zero attached hydrogens (tertiary/aromatic N) is 2. The molecular weight excluding hydrogens is 376 g/mol. The zero-order valence-corrected chi connectivity index (χ0v) is 16.6. The summed E-state index contributed by atoms with van der Waals surface area (Å²) in [6, 6.07) is 7.04. The average Bonchev–Trinajstić information content (AvgIpc) is 2.63. The van der Waals surface area contributed by atoms with E-state index in [0.717, 1.165) is 6.26 Å². The van der Waals surface area contributed by atoms with Crippen LogP contribution in [0.5, 0.6) is 0 Å². The second-order valence-corrected chi connectivity index (χ2v) is 7.13.